The molecule has 1 heterocycles. The first-order chi connectivity index (χ1) is 18.2. The van der Waals surface area contributed by atoms with E-state index in [1.165, 1.54) is 11.8 Å². The molecule has 6 rings (SSSR count). The molecule has 5 aliphatic rings. The molecule has 4 aliphatic carbocycles. The SMILES string of the molecule is CCOC(=O)O/N=C/c1ccc([C@H]2C[C@@]3(C)[C@@H](CC[C@@]3(O)COC)[C@@H]3CCC4=CC(=O)CC[C@]45O[C@]235)cc1. The minimum Gasteiger partial charge on any atom is -0.433 e. The zero-order chi connectivity index (χ0) is 26.8. The number of carbonyl (C=O) groups excluding carboxylic acids is 2. The van der Waals surface area contributed by atoms with Crippen molar-refractivity contribution in [2.24, 2.45) is 22.4 Å². The fourth-order valence-corrected chi connectivity index (χ4v) is 8.79. The van der Waals surface area contributed by atoms with E-state index in [-0.39, 0.29) is 34.9 Å². The molecular formula is C30H37NO7. The molecule has 8 heteroatoms. The van der Waals surface area contributed by atoms with E-state index in [9.17, 15) is 14.7 Å². The largest absolute Gasteiger partial charge is 0.535 e. The third-order valence-corrected chi connectivity index (χ3v) is 10.5. The molecule has 0 aromatic heterocycles. The molecule has 1 N–H and O–H groups in total. The van der Waals surface area contributed by atoms with Crippen LogP contribution in [0.2, 0.25) is 0 Å². The highest BCUT2D eigenvalue weighted by Crippen LogP contribution is 2.79. The highest BCUT2D eigenvalue weighted by molar-refractivity contribution is 5.92. The summed E-state index contributed by atoms with van der Waals surface area (Å²) in [4.78, 5) is 28.5. The summed E-state index contributed by atoms with van der Waals surface area (Å²) in [6, 6.07) is 8.11. The van der Waals surface area contributed by atoms with Crippen LogP contribution in [0.3, 0.4) is 0 Å². The van der Waals surface area contributed by atoms with E-state index in [1.54, 1.807) is 14.0 Å². The Morgan fingerprint density at radius 1 is 1.18 bits per heavy atom. The van der Waals surface area contributed by atoms with Gasteiger partial charge in [-0.25, -0.2) is 4.79 Å². The summed E-state index contributed by atoms with van der Waals surface area (Å²) in [5, 5.41) is 15.6. The van der Waals surface area contributed by atoms with Crippen molar-refractivity contribution in [1.29, 1.82) is 0 Å². The molecule has 2 spiro atoms. The molecule has 7 atom stereocenters. The summed E-state index contributed by atoms with van der Waals surface area (Å²) < 4.78 is 17.2. The molecule has 204 valence electrons. The van der Waals surface area contributed by atoms with E-state index in [4.69, 9.17) is 19.0 Å². The lowest BCUT2D eigenvalue weighted by atomic mass is 9.46. The Kier molecular flexibility index (Phi) is 6.09. The first-order valence-electron chi connectivity index (χ1n) is 13.9. The predicted octanol–water partition coefficient (Wildman–Crippen LogP) is 4.68. The second kappa shape index (κ2) is 9.00. The van der Waals surface area contributed by atoms with Gasteiger partial charge < -0.3 is 19.3 Å². The Hall–Kier alpha value is -2.55. The molecule has 1 saturated heterocycles. The van der Waals surface area contributed by atoms with Crippen molar-refractivity contribution in [3.05, 3.63) is 47.0 Å². The molecule has 4 fully saturated rings. The van der Waals surface area contributed by atoms with Gasteiger partial charge in [0.1, 0.15) is 11.2 Å². The van der Waals surface area contributed by atoms with Gasteiger partial charge in [0.25, 0.3) is 0 Å². The molecule has 3 saturated carbocycles. The smallest absolute Gasteiger partial charge is 0.433 e. The summed E-state index contributed by atoms with van der Waals surface area (Å²) >= 11 is 0. The van der Waals surface area contributed by atoms with E-state index in [0.29, 0.717) is 24.9 Å². The summed E-state index contributed by atoms with van der Waals surface area (Å²) in [6.45, 7) is 4.50. The number of aliphatic hydroxyl groups is 1. The van der Waals surface area contributed by atoms with Gasteiger partial charge in [-0.1, -0.05) is 36.3 Å². The second-order valence-electron chi connectivity index (χ2n) is 12.0. The van der Waals surface area contributed by atoms with Gasteiger partial charge in [-0.05, 0) is 80.1 Å². The van der Waals surface area contributed by atoms with Crippen LogP contribution in [0.4, 0.5) is 4.79 Å². The third-order valence-electron chi connectivity index (χ3n) is 10.5. The maximum absolute atomic E-state index is 12.4. The predicted molar refractivity (Wildman–Crippen MR) is 139 cm³/mol. The fraction of sp³-hybridized carbons (Fsp3) is 0.633. The number of methoxy groups -OCH3 is 1. The number of fused-ring (bicyclic) bond motifs is 2. The molecule has 0 amide bonds. The number of oxime groups is 1. The maximum atomic E-state index is 12.4. The number of ketones is 1. The van der Waals surface area contributed by atoms with E-state index < -0.39 is 11.8 Å². The van der Waals surface area contributed by atoms with E-state index >= 15 is 0 Å². The minimum atomic E-state index is -0.885. The molecule has 1 aliphatic heterocycles. The monoisotopic (exact) mass is 523 g/mol. The Bertz CT molecular complexity index is 1190. The van der Waals surface area contributed by atoms with Crippen molar-refractivity contribution in [3.8, 4) is 0 Å². The van der Waals surface area contributed by atoms with Crippen molar-refractivity contribution in [1.82, 2.24) is 0 Å². The van der Waals surface area contributed by atoms with Gasteiger partial charge in [0.2, 0.25) is 0 Å². The van der Waals surface area contributed by atoms with Crippen LogP contribution in [0.15, 0.2) is 41.1 Å². The van der Waals surface area contributed by atoms with Crippen molar-refractivity contribution in [3.63, 3.8) is 0 Å². The van der Waals surface area contributed by atoms with Crippen LogP contribution in [-0.2, 0) is 23.8 Å². The normalized spacial score (nSPS) is 41.0. The van der Waals surface area contributed by atoms with E-state index in [2.05, 4.69) is 24.2 Å². The van der Waals surface area contributed by atoms with Crippen LogP contribution < -0.4 is 0 Å². The van der Waals surface area contributed by atoms with Crippen molar-refractivity contribution in [2.45, 2.75) is 81.5 Å². The summed E-state index contributed by atoms with van der Waals surface area (Å²) in [5.74, 6) is 0.912. The van der Waals surface area contributed by atoms with Gasteiger partial charge in [-0.15, -0.1) is 0 Å². The molecular weight excluding hydrogens is 486 g/mol. The summed E-state index contributed by atoms with van der Waals surface area (Å²) in [7, 11) is 1.66. The Morgan fingerprint density at radius 3 is 2.71 bits per heavy atom. The van der Waals surface area contributed by atoms with Crippen LogP contribution in [0.25, 0.3) is 0 Å². The number of benzene rings is 1. The maximum Gasteiger partial charge on any atom is 0.535 e. The number of hydrogen-bond donors (Lipinski definition) is 1. The lowest BCUT2D eigenvalue weighted by molar-refractivity contribution is -0.147. The molecule has 0 unspecified atom stereocenters. The number of carbonyl (C=O) groups is 2. The van der Waals surface area contributed by atoms with Gasteiger partial charge in [0, 0.05) is 24.9 Å². The van der Waals surface area contributed by atoms with Gasteiger partial charge >= 0.3 is 6.16 Å². The highest BCUT2D eigenvalue weighted by Gasteiger charge is 2.83. The first-order valence-corrected chi connectivity index (χ1v) is 13.9. The Labute approximate surface area is 223 Å². The zero-order valence-electron chi connectivity index (χ0n) is 22.4. The Balaban J connectivity index is 1.36. The highest BCUT2D eigenvalue weighted by atomic mass is 16.8. The van der Waals surface area contributed by atoms with Gasteiger partial charge in [-0.2, -0.15) is 0 Å². The first kappa shape index (κ1) is 25.7. The number of rotatable bonds is 6. The summed E-state index contributed by atoms with van der Waals surface area (Å²) in [5.41, 5.74) is 1.19. The average molecular weight is 524 g/mol. The average Bonchev–Trinajstić information content (AvgIpc) is 3.50. The quantitative estimate of drug-likeness (QED) is 0.190. The zero-order valence-corrected chi connectivity index (χ0v) is 22.4. The molecule has 38 heavy (non-hydrogen) atoms. The number of epoxide rings is 1. The van der Waals surface area contributed by atoms with Crippen LogP contribution in [0.5, 0.6) is 0 Å². The van der Waals surface area contributed by atoms with Crippen molar-refractivity contribution < 1.29 is 33.7 Å². The van der Waals surface area contributed by atoms with Crippen LogP contribution in [-0.4, -0.2) is 60.4 Å². The standard InChI is InChI=1S/C30H37NO7/c1-4-36-26(33)37-31-17-19-5-7-20(8-6-19)25-16-27(2)23(12-13-28(27,34)18-35-3)24-10-9-21-15-22(32)11-14-29(21)30(24,25)38-29/h5-8,15,17,23-25,34H,4,9-14,16,18H2,1-3H3/b31-17+/t23-,24-,25+,27-,28+,29-,30-/m0/s1. The number of hydrogen-bond acceptors (Lipinski definition) is 8. The molecule has 1 aromatic rings. The van der Waals surface area contributed by atoms with Gasteiger partial charge in [-0.3, -0.25) is 9.63 Å². The van der Waals surface area contributed by atoms with Crippen LogP contribution in [0, 0.1) is 17.3 Å². The number of nitrogens with zero attached hydrogens (tertiary/aromatic N) is 1. The minimum absolute atomic E-state index is 0.0638. The molecule has 0 bridgehead atoms. The molecule has 1 aromatic carbocycles. The second-order valence-corrected chi connectivity index (χ2v) is 12.0. The topological polar surface area (TPSA) is 107 Å². The lowest BCUT2D eigenvalue weighted by Crippen LogP contribution is -2.60. The van der Waals surface area contributed by atoms with Crippen molar-refractivity contribution in [2.75, 3.05) is 20.3 Å². The van der Waals surface area contributed by atoms with Crippen LogP contribution in [0.1, 0.15) is 75.8 Å². The van der Waals surface area contributed by atoms with Gasteiger partial charge in [0.15, 0.2) is 5.78 Å². The molecule has 8 nitrogen and oxygen atoms in total. The van der Waals surface area contributed by atoms with E-state index in [1.807, 2.05) is 18.2 Å². The van der Waals surface area contributed by atoms with Gasteiger partial charge in [0.05, 0.1) is 25.0 Å². The Morgan fingerprint density at radius 2 is 1.97 bits per heavy atom. The summed E-state index contributed by atoms with van der Waals surface area (Å²) in [6.07, 6.45) is 8.11. The third kappa shape index (κ3) is 3.49. The fourth-order valence-electron chi connectivity index (χ4n) is 8.79. The molecule has 0 radical (unpaired) electrons. The van der Waals surface area contributed by atoms with E-state index in [0.717, 1.165) is 49.7 Å². The number of ether oxygens (including phenoxy) is 3. The van der Waals surface area contributed by atoms with Crippen LogP contribution >= 0.6 is 0 Å². The van der Waals surface area contributed by atoms with Crippen molar-refractivity contribution >= 4 is 18.2 Å². The lowest BCUT2D eigenvalue weighted by Gasteiger charge is -2.56.